The molecule has 17 heavy (non-hydrogen) atoms. The fourth-order valence-electron chi connectivity index (χ4n) is 1.85. The van der Waals surface area contributed by atoms with E-state index in [4.69, 9.17) is 28.3 Å². The van der Waals surface area contributed by atoms with Crippen LogP contribution in [0.2, 0.25) is 0 Å². The zero-order valence-corrected chi connectivity index (χ0v) is 9.85. The Morgan fingerprint density at radius 2 is 1.88 bits per heavy atom. The Kier molecular flexibility index (Phi) is 2.75. The smallest absolute Gasteiger partial charge is 0.310 e. The molecule has 0 aromatic heterocycles. The second-order valence-electron chi connectivity index (χ2n) is 3.82. The molecule has 7 heteroatoms. The molecule has 1 N–H and O–H groups in total. The van der Waals surface area contributed by atoms with Crippen LogP contribution in [0.1, 0.15) is 11.5 Å². The van der Waals surface area contributed by atoms with Crippen molar-refractivity contribution in [3.05, 3.63) is 39.9 Å². The van der Waals surface area contributed by atoms with E-state index >= 15 is 0 Å². The summed E-state index contributed by atoms with van der Waals surface area (Å²) in [7, 11) is 0. The molecule has 1 aliphatic carbocycles. The van der Waals surface area contributed by atoms with E-state index in [9.17, 15) is 14.9 Å². The third-order valence-corrected chi connectivity index (χ3v) is 3.72. The Hall–Kier alpha value is -1.33. The number of hydrogen-bond donors (Lipinski definition) is 1. The van der Waals surface area contributed by atoms with Crippen LogP contribution in [-0.2, 0) is 4.79 Å². The third-order valence-electron chi connectivity index (χ3n) is 2.78. The Labute approximate surface area is 106 Å². The zero-order chi connectivity index (χ0) is 12.8. The van der Waals surface area contributed by atoms with Gasteiger partial charge in [0.15, 0.2) is 0 Å². The molecule has 1 fully saturated rings. The van der Waals surface area contributed by atoms with Gasteiger partial charge in [0.05, 0.1) is 10.8 Å². The molecule has 0 amide bonds. The summed E-state index contributed by atoms with van der Waals surface area (Å²) in [6.45, 7) is 0. The lowest BCUT2D eigenvalue weighted by Gasteiger charge is -1.99. The number of nitrogens with zero attached hydrogens (tertiary/aromatic N) is 1. The van der Waals surface area contributed by atoms with Gasteiger partial charge >= 0.3 is 5.97 Å². The number of benzene rings is 1. The Bertz CT molecular complexity index is 486. The highest BCUT2D eigenvalue weighted by molar-refractivity contribution is 6.53. The zero-order valence-electron chi connectivity index (χ0n) is 8.34. The Balaban J connectivity index is 2.26. The van der Waals surface area contributed by atoms with Crippen molar-refractivity contribution < 1.29 is 14.8 Å². The summed E-state index contributed by atoms with van der Waals surface area (Å²) in [6.07, 6.45) is 0. The van der Waals surface area contributed by atoms with Gasteiger partial charge in [-0.3, -0.25) is 14.9 Å². The second-order valence-corrected chi connectivity index (χ2v) is 5.26. The summed E-state index contributed by atoms with van der Waals surface area (Å²) in [5.74, 6) is -2.46. The number of carboxylic acids is 1. The van der Waals surface area contributed by atoms with Crippen LogP contribution < -0.4 is 0 Å². The Morgan fingerprint density at radius 1 is 1.35 bits per heavy atom. The van der Waals surface area contributed by atoms with E-state index in [-0.39, 0.29) is 5.69 Å². The molecule has 0 bridgehead atoms. The van der Waals surface area contributed by atoms with Crippen LogP contribution in [0.15, 0.2) is 24.3 Å². The van der Waals surface area contributed by atoms with Gasteiger partial charge in [0, 0.05) is 18.1 Å². The number of carbonyl (C=O) groups is 1. The molecule has 2 rings (SSSR count). The average molecular weight is 276 g/mol. The molecule has 0 spiro atoms. The maximum absolute atomic E-state index is 10.9. The topological polar surface area (TPSA) is 80.4 Å². The van der Waals surface area contributed by atoms with Crippen LogP contribution in [0.3, 0.4) is 0 Å². The van der Waals surface area contributed by atoms with Gasteiger partial charge in [0.1, 0.15) is 4.33 Å². The minimum absolute atomic E-state index is 0.0592. The van der Waals surface area contributed by atoms with Gasteiger partial charge in [-0.25, -0.2) is 0 Å². The highest BCUT2D eigenvalue weighted by Crippen LogP contribution is 2.64. The van der Waals surface area contributed by atoms with E-state index in [1.165, 1.54) is 24.3 Å². The van der Waals surface area contributed by atoms with Gasteiger partial charge in [0.25, 0.3) is 5.69 Å². The first-order valence-electron chi connectivity index (χ1n) is 4.70. The van der Waals surface area contributed by atoms with Gasteiger partial charge in [-0.15, -0.1) is 0 Å². The first-order valence-corrected chi connectivity index (χ1v) is 5.46. The maximum Gasteiger partial charge on any atom is 0.310 e. The summed E-state index contributed by atoms with van der Waals surface area (Å²) in [4.78, 5) is 20.8. The van der Waals surface area contributed by atoms with E-state index in [0.717, 1.165) is 0 Å². The summed E-state index contributed by atoms with van der Waals surface area (Å²) in [5, 5.41) is 19.3. The van der Waals surface area contributed by atoms with Crippen molar-refractivity contribution in [2.45, 2.75) is 10.3 Å². The first-order chi connectivity index (χ1) is 7.85. The van der Waals surface area contributed by atoms with E-state index in [1.54, 1.807) is 0 Å². The van der Waals surface area contributed by atoms with E-state index in [1.807, 2.05) is 0 Å². The number of rotatable bonds is 3. The van der Waals surface area contributed by atoms with Crippen LogP contribution in [0.5, 0.6) is 0 Å². The van der Waals surface area contributed by atoms with E-state index < -0.39 is 27.1 Å². The lowest BCUT2D eigenvalue weighted by Crippen LogP contribution is -2.03. The lowest BCUT2D eigenvalue weighted by molar-refractivity contribution is -0.384. The molecule has 0 radical (unpaired) electrons. The molecule has 0 heterocycles. The minimum atomic E-state index is -1.33. The standard InChI is InChI=1S/C10H7Cl2NO4/c11-10(12)7(8(10)9(14)15)5-1-3-6(4-2-5)13(16)17/h1-4,7-8H,(H,14,15)/t7-,8+/m0/s1. The van der Waals surface area contributed by atoms with Crippen molar-refractivity contribution in [2.24, 2.45) is 5.92 Å². The monoisotopic (exact) mass is 275 g/mol. The number of carboxylic acid groups (broad SMARTS) is 1. The summed E-state index contributed by atoms with van der Waals surface area (Å²) < 4.78 is -1.33. The van der Waals surface area contributed by atoms with Gasteiger partial charge < -0.3 is 5.11 Å². The number of alkyl halides is 2. The van der Waals surface area contributed by atoms with Gasteiger partial charge in [-0.1, -0.05) is 35.3 Å². The molecule has 1 aliphatic rings. The maximum atomic E-state index is 10.9. The minimum Gasteiger partial charge on any atom is -0.481 e. The van der Waals surface area contributed by atoms with Crippen molar-refractivity contribution in [3.8, 4) is 0 Å². The number of halogens is 2. The van der Waals surface area contributed by atoms with Crippen molar-refractivity contribution in [2.75, 3.05) is 0 Å². The van der Waals surface area contributed by atoms with Gasteiger partial charge in [-0.2, -0.15) is 0 Å². The van der Waals surface area contributed by atoms with Gasteiger partial charge in [-0.05, 0) is 5.56 Å². The predicted molar refractivity (Wildman–Crippen MR) is 61.4 cm³/mol. The SMILES string of the molecule is O=C(O)[C@H]1[C@H](c2ccc([N+](=O)[O-])cc2)C1(Cl)Cl. The number of hydrogen-bond acceptors (Lipinski definition) is 3. The first kappa shape index (κ1) is 12.1. The lowest BCUT2D eigenvalue weighted by atomic mass is 10.1. The van der Waals surface area contributed by atoms with Crippen LogP contribution >= 0.6 is 23.2 Å². The number of nitro groups is 1. The molecule has 1 saturated carbocycles. The number of nitro benzene ring substituents is 1. The van der Waals surface area contributed by atoms with Gasteiger partial charge in [0.2, 0.25) is 0 Å². The fraction of sp³-hybridized carbons (Fsp3) is 0.300. The largest absolute Gasteiger partial charge is 0.481 e. The quantitative estimate of drug-likeness (QED) is 0.522. The molecule has 90 valence electrons. The van der Waals surface area contributed by atoms with Crippen molar-refractivity contribution in [1.82, 2.24) is 0 Å². The van der Waals surface area contributed by atoms with Crippen molar-refractivity contribution >= 4 is 34.9 Å². The molecular formula is C10H7Cl2NO4. The normalized spacial score (nSPS) is 25.3. The number of aliphatic carboxylic acids is 1. The van der Waals surface area contributed by atoms with Crippen LogP contribution in [0, 0.1) is 16.0 Å². The number of non-ortho nitro benzene ring substituents is 1. The highest BCUT2D eigenvalue weighted by atomic mass is 35.5. The van der Waals surface area contributed by atoms with Crippen LogP contribution in [0.4, 0.5) is 5.69 Å². The fourth-order valence-corrected chi connectivity index (χ4v) is 2.67. The average Bonchev–Trinajstić information content (AvgIpc) is 2.82. The summed E-state index contributed by atoms with van der Waals surface area (Å²) >= 11 is 11.7. The Morgan fingerprint density at radius 3 is 2.24 bits per heavy atom. The molecule has 0 unspecified atom stereocenters. The summed E-state index contributed by atoms with van der Waals surface area (Å²) in [6, 6.07) is 5.56. The molecular weight excluding hydrogens is 269 g/mol. The third kappa shape index (κ3) is 1.96. The molecule has 0 aliphatic heterocycles. The molecule has 1 aromatic carbocycles. The van der Waals surface area contributed by atoms with Crippen molar-refractivity contribution in [1.29, 1.82) is 0 Å². The van der Waals surface area contributed by atoms with E-state index in [0.29, 0.717) is 5.56 Å². The molecule has 5 nitrogen and oxygen atoms in total. The molecule has 1 aromatic rings. The molecule has 0 saturated heterocycles. The summed E-state index contributed by atoms with van der Waals surface area (Å²) in [5.41, 5.74) is 0.531. The predicted octanol–water partition coefficient (Wildman–Crippen LogP) is 2.57. The highest BCUT2D eigenvalue weighted by Gasteiger charge is 2.68. The molecule has 2 atom stereocenters. The van der Waals surface area contributed by atoms with Crippen molar-refractivity contribution in [3.63, 3.8) is 0 Å². The van der Waals surface area contributed by atoms with Crippen LogP contribution in [0.25, 0.3) is 0 Å². The van der Waals surface area contributed by atoms with E-state index in [2.05, 4.69) is 0 Å². The second kappa shape index (κ2) is 3.85. The van der Waals surface area contributed by atoms with Crippen LogP contribution in [-0.4, -0.2) is 20.3 Å².